The van der Waals surface area contributed by atoms with E-state index in [1.54, 1.807) is 0 Å². The summed E-state index contributed by atoms with van der Waals surface area (Å²) in [5.41, 5.74) is 1.23. The number of aromatic nitrogens is 2. The van der Waals surface area contributed by atoms with Gasteiger partial charge in [-0.3, -0.25) is 0 Å². The zero-order valence-electron chi connectivity index (χ0n) is 12.0. The van der Waals surface area contributed by atoms with Gasteiger partial charge in [0.1, 0.15) is 17.7 Å². The summed E-state index contributed by atoms with van der Waals surface area (Å²) in [6, 6.07) is 12.4. The lowest BCUT2D eigenvalue weighted by Gasteiger charge is -2.34. The molecule has 0 radical (unpaired) electrons. The molecule has 1 aromatic carbocycles. The third-order valence-electron chi connectivity index (χ3n) is 4.16. The van der Waals surface area contributed by atoms with Crippen molar-refractivity contribution < 1.29 is 4.74 Å². The average molecular weight is 281 g/mol. The monoisotopic (exact) mass is 281 g/mol. The number of morpholine rings is 1. The number of rotatable bonds is 3. The van der Waals surface area contributed by atoms with E-state index < -0.39 is 0 Å². The van der Waals surface area contributed by atoms with Crippen molar-refractivity contribution in [1.29, 1.82) is 0 Å². The maximum absolute atomic E-state index is 5.92. The zero-order chi connectivity index (χ0) is 14.1. The fourth-order valence-electron chi connectivity index (χ4n) is 2.80. The largest absolute Gasteiger partial charge is 0.370 e. The van der Waals surface area contributed by atoms with Crippen molar-refractivity contribution >= 4 is 5.82 Å². The lowest BCUT2D eigenvalue weighted by Crippen LogP contribution is -2.39. The molecule has 4 rings (SSSR count). The van der Waals surface area contributed by atoms with Crippen molar-refractivity contribution in [2.45, 2.75) is 24.9 Å². The summed E-state index contributed by atoms with van der Waals surface area (Å²) >= 11 is 0. The SMILES string of the molecule is c1ccc(C2CN(c3ccnc(C4CC4)n3)CCO2)cc1. The second kappa shape index (κ2) is 5.45. The van der Waals surface area contributed by atoms with E-state index in [0.29, 0.717) is 5.92 Å². The second-order valence-corrected chi connectivity index (χ2v) is 5.76. The summed E-state index contributed by atoms with van der Waals surface area (Å²) in [6.45, 7) is 2.48. The molecule has 4 heteroatoms. The van der Waals surface area contributed by atoms with E-state index in [0.717, 1.165) is 31.3 Å². The number of benzene rings is 1. The Hall–Kier alpha value is -1.94. The summed E-state index contributed by atoms with van der Waals surface area (Å²) in [5.74, 6) is 2.64. The molecule has 1 atom stereocenters. The van der Waals surface area contributed by atoms with Crippen LogP contribution in [0.4, 0.5) is 5.82 Å². The van der Waals surface area contributed by atoms with Gasteiger partial charge >= 0.3 is 0 Å². The number of hydrogen-bond acceptors (Lipinski definition) is 4. The molecular weight excluding hydrogens is 262 g/mol. The lowest BCUT2D eigenvalue weighted by atomic mass is 10.1. The molecule has 0 N–H and O–H groups in total. The lowest BCUT2D eigenvalue weighted by molar-refractivity contribution is 0.0395. The first-order valence-corrected chi connectivity index (χ1v) is 7.64. The Morgan fingerprint density at radius 3 is 2.76 bits per heavy atom. The molecule has 4 nitrogen and oxygen atoms in total. The molecule has 108 valence electrons. The average Bonchev–Trinajstić information content (AvgIpc) is 3.41. The van der Waals surface area contributed by atoms with Gasteiger partial charge in [0.2, 0.25) is 0 Å². The maximum Gasteiger partial charge on any atom is 0.133 e. The first kappa shape index (κ1) is 12.8. The van der Waals surface area contributed by atoms with Crippen LogP contribution in [0, 0.1) is 0 Å². The minimum atomic E-state index is 0.124. The molecule has 0 amide bonds. The Morgan fingerprint density at radius 2 is 1.95 bits per heavy atom. The van der Waals surface area contributed by atoms with Crippen LogP contribution in [-0.2, 0) is 4.74 Å². The van der Waals surface area contributed by atoms with Crippen LogP contribution >= 0.6 is 0 Å². The van der Waals surface area contributed by atoms with Crippen molar-refractivity contribution in [3.8, 4) is 0 Å². The quantitative estimate of drug-likeness (QED) is 0.867. The zero-order valence-corrected chi connectivity index (χ0v) is 12.0. The van der Waals surface area contributed by atoms with Gasteiger partial charge in [-0.2, -0.15) is 0 Å². The van der Waals surface area contributed by atoms with E-state index in [1.165, 1.54) is 18.4 Å². The van der Waals surface area contributed by atoms with Gasteiger partial charge in [-0.25, -0.2) is 9.97 Å². The first-order valence-electron chi connectivity index (χ1n) is 7.64. The number of anilines is 1. The molecule has 1 aliphatic heterocycles. The molecular formula is C17H19N3O. The number of nitrogens with zero attached hydrogens (tertiary/aromatic N) is 3. The molecule has 1 aliphatic carbocycles. The Morgan fingerprint density at radius 1 is 1.10 bits per heavy atom. The molecule has 0 spiro atoms. The highest BCUT2D eigenvalue weighted by molar-refractivity contribution is 5.39. The smallest absolute Gasteiger partial charge is 0.133 e. The highest BCUT2D eigenvalue weighted by Crippen LogP contribution is 2.38. The van der Waals surface area contributed by atoms with Crippen molar-refractivity contribution in [3.63, 3.8) is 0 Å². The van der Waals surface area contributed by atoms with Gasteiger partial charge in [0.15, 0.2) is 0 Å². The van der Waals surface area contributed by atoms with Crippen LogP contribution in [0.1, 0.15) is 36.3 Å². The Balaban J connectivity index is 1.54. The van der Waals surface area contributed by atoms with E-state index in [-0.39, 0.29) is 6.10 Å². The van der Waals surface area contributed by atoms with Gasteiger partial charge in [0.05, 0.1) is 6.61 Å². The van der Waals surface area contributed by atoms with Crippen LogP contribution in [0.15, 0.2) is 42.6 Å². The maximum atomic E-state index is 5.92. The molecule has 1 saturated heterocycles. The van der Waals surface area contributed by atoms with Crippen LogP contribution in [-0.4, -0.2) is 29.7 Å². The molecule has 1 saturated carbocycles. The first-order chi connectivity index (χ1) is 10.4. The van der Waals surface area contributed by atoms with Crippen molar-refractivity contribution in [3.05, 3.63) is 54.0 Å². The van der Waals surface area contributed by atoms with Crippen LogP contribution < -0.4 is 4.90 Å². The van der Waals surface area contributed by atoms with Crippen molar-refractivity contribution in [2.24, 2.45) is 0 Å². The summed E-state index contributed by atoms with van der Waals surface area (Å²) in [4.78, 5) is 11.5. The summed E-state index contributed by atoms with van der Waals surface area (Å²) in [7, 11) is 0. The Kier molecular flexibility index (Phi) is 3.31. The highest BCUT2D eigenvalue weighted by Gasteiger charge is 2.28. The molecule has 2 aromatic rings. The van der Waals surface area contributed by atoms with Crippen LogP contribution in [0.5, 0.6) is 0 Å². The third kappa shape index (κ3) is 2.76. The van der Waals surface area contributed by atoms with Crippen LogP contribution in [0.3, 0.4) is 0 Å². The van der Waals surface area contributed by atoms with E-state index in [2.05, 4.69) is 34.1 Å². The minimum absolute atomic E-state index is 0.124. The molecule has 0 bridgehead atoms. The third-order valence-corrected chi connectivity index (χ3v) is 4.16. The molecule has 2 heterocycles. The van der Waals surface area contributed by atoms with E-state index in [1.807, 2.05) is 18.3 Å². The number of ether oxygens (including phenoxy) is 1. The summed E-state index contributed by atoms with van der Waals surface area (Å²) < 4.78 is 5.92. The van der Waals surface area contributed by atoms with Gasteiger partial charge in [0.25, 0.3) is 0 Å². The fourth-order valence-corrected chi connectivity index (χ4v) is 2.80. The van der Waals surface area contributed by atoms with Gasteiger partial charge in [-0.05, 0) is 24.5 Å². The standard InChI is InChI=1S/C17H19N3O/c1-2-4-13(5-3-1)15-12-20(10-11-21-15)16-8-9-18-17(19-16)14-6-7-14/h1-5,8-9,14-15H,6-7,10-12H2. The van der Waals surface area contributed by atoms with Gasteiger partial charge in [-0.1, -0.05) is 30.3 Å². The molecule has 1 aromatic heterocycles. The van der Waals surface area contributed by atoms with Crippen LogP contribution in [0.25, 0.3) is 0 Å². The molecule has 1 unspecified atom stereocenters. The van der Waals surface area contributed by atoms with Gasteiger partial charge < -0.3 is 9.64 Å². The second-order valence-electron chi connectivity index (χ2n) is 5.76. The Bertz CT molecular complexity index is 612. The number of hydrogen-bond donors (Lipinski definition) is 0. The summed E-state index contributed by atoms with van der Waals surface area (Å²) in [5, 5.41) is 0. The molecule has 2 aliphatic rings. The minimum Gasteiger partial charge on any atom is -0.370 e. The van der Waals surface area contributed by atoms with E-state index >= 15 is 0 Å². The topological polar surface area (TPSA) is 38.2 Å². The van der Waals surface area contributed by atoms with Crippen molar-refractivity contribution in [2.75, 3.05) is 24.6 Å². The van der Waals surface area contributed by atoms with Gasteiger partial charge in [-0.15, -0.1) is 0 Å². The summed E-state index contributed by atoms with van der Waals surface area (Å²) in [6.07, 6.45) is 4.49. The van der Waals surface area contributed by atoms with Gasteiger partial charge in [0, 0.05) is 25.2 Å². The van der Waals surface area contributed by atoms with Crippen LogP contribution in [0.2, 0.25) is 0 Å². The highest BCUT2D eigenvalue weighted by atomic mass is 16.5. The predicted octanol–water partition coefficient (Wildman–Crippen LogP) is 2.93. The fraction of sp³-hybridized carbons (Fsp3) is 0.412. The molecule has 2 fully saturated rings. The van der Waals surface area contributed by atoms with E-state index in [9.17, 15) is 0 Å². The van der Waals surface area contributed by atoms with Crippen molar-refractivity contribution in [1.82, 2.24) is 9.97 Å². The predicted molar refractivity (Wildman–Crippen MR) is 81.4 cm³/mol. The molecule has 21 heavy (non-hydrogen) atoms. The normalized spacial score (nSPS) is 22.3. The van der Waals surface area contributed by atoms with E-state index in [4.69, 9.17) is 9.72 Å². The Labute approximate surface area is 124 Å².